The van der Waals surface area contributed by atoms with E-state index in [0.717, 1.165) is 0 Å². The Hall–Kier alpha value is -1.04. The molecule has 0 fully saturated rings. The lowest BCUT2D eigenvalue weighted by molar-refractivity contribution is -0.151. The van der Waals surface area contributed by atoms with Crippen molar-refractivity contribution in [2.45, 2.75) is 27.1 Å². The Morgan fingerprint density at radius 2 is 1.58 bits per heavy atom. The maximum atomic E-state index is 5.49. The first-order chi connectivity index (χ1) is 9.06. The molecule has 0 aliphatic rings. The second kappa shape index (κ2) is 12.0. The van der Waals surface area contributed by atoms with Gasteiger partial charge in [-0.25, -0.2) is 0 Å². The van der Waals surface area contributed by atoms with Crippen LogP contribution < -0.4 is 0 Å². The van der Waals surface area contributed by atoms with Gasteiger partial charge in [0.15, 0.2) is 0 Å². The van der Waals surface area contributed by atoms with Crippen molar-refractivity contribution in [1.29, 1.82) is 0 Å². The largest absolute Gasteiger partial charge is 0.492 e. The number of ether oxygens (including phenoxy) is 5. The van der Waals surface area contributed by atoms with Crippen LogP contribution in [0.2, 0.25) is 0 Å². The fourth-order valence-corrected chi connectivity index (χ4v) is 1.15. The molecule has 0 aromatic heterocycles. The standard InChI is InChI=1S/C14H26O5/c1-6-15-7-8-16-9-10-17-14(19-13(4)5)11-18-12(2)3/h14H,2,4,6-11H2,1,3,5H3. The van der Waals surface area contributed by atoms with E-state index in [1.807, 2.05) is 6.92 Å². The minimum atomic E-state index is -0.496. The Morgan fingerprint density at radius 1 is 0.947 bits per heavy atom. The van der Waals surface area contributed by atoms with E-state index in [1.54, 1.807) is 13.8 Å². The third-order valence-electron chi connectivity index (χ3n) is 1.91. The van der Waals surface area contributed by atoms with Crippen LogP contribution >= 0.6 is 0 Å². The molecule has 0 N–H and O–H groups in total. The van der Waals surface area contributed by atoms with E-state index < -0.39 is 6.29 Å². The molecule has 0 amide bonds. The van der Waals surface area contributed by atoms with Crippen molar-refractivity contribution in [1.82, 2.24) is 0 Å². The van der Waals surface area contributed by atoms with E-state index in [2.05, 4.69) is 13.2 Å². The molecule has 0 aromatic rings. The molecule has 0 saturated carbocycles. The fourth-order valence-electron chi connectivity index (χ4n) is 1.15. The normalized spacial score (nSPS) is 11.9. The molecule has 0 heterocycles. The van der Waals surface area contributed by atoms with Crippen molar-refractivity contribution in [2.24, 2.45) is 0 Å². The molecule has 112 valence electrons. The predicted octanol–water partition coefficient (Wildman–Crippen LogP) is 2.48. The summed E-state index contributed by atoms with van der Waals surface area (Å²) in [6, 6.07) is 0. The third-order valence-corrected chi connectivity index (χ3v) is 1.91. The summed E-state index contributed by atoms with van der Waals surface area (Å²) in [4.78, 5) is 0. The van der Waals surface area contributed by atoms with Crippen LogP contribution in [0, 0.1) is 0 Å². The van der Waals surface area contributed by atoms with E-state index in [9.17, 15) is 0 Å². The molecule has 0 aliphatic heterocycles. The second-order valence-electron chi connectivity index (χ2n) is 3.94. The minimum Gasteiger partial charge on any atom is -0.492 e. The summed E-state index contributed by atoms with van der Waals surface area (Å²) in [6.45, 7) is 15.8. The molecule has 5 heteroatoms. The first kappa shape index (κ1) is 18.0. The predicted molar refractivity (Wildman–Crippen MR) is 73.7 cm³/mol. The maximum Gasteiger partial charge on any atom is 0.233 e. The zero-order valence-corrected chi connectivity index (χ0v) is 12.3. The lowest BCUT2D eigenvalue weighted by Crippen LogP contribution is -2.24. The van der Waals surface area contributed by atoms with Crippen LogP contribution in [0.15, 0.2) is 24.7 Å². The van der Waals surface area contributed by atoms with Gasteiger partial charge >= 0.3 is 0 Å². The van der Waals surface area contributed by atoms with Crippen LogP contribution in [0.1, 0.15) is 20.8 Å². The van der Waals surface area contributed by atoms with Crippen LogP contribution in [0.3, 0.4) is 0 Å². The molecule has 1 unspecified atom stereocenters. The van der Waals surface area contributed by atoms with Gasteiger partial charge in [-0.2, -0.15) is 0 Å². The molecule has 0 bridgehead atoms. The summed E-state index contributed by atoms with van der Waals surface area (Å²) in [7, 11) is 0. The van der Waals surface area contributed by atoms with E-state index in [0.29, 0.717) is 44.6 Å². The Balaban J connectivity index is 3.67. The molecule has 0 aromatic carbocycles. The molecule has 19 heavy (non-hydrogen) atoms. The molecule has 5 nitrogen and oxygen atoms in total. The Morgan fingerprint density at radius 3 is 2.16 bits per heavy atom. The van der Waals surface area contributed by atoms with Crippen molar-refractivity contribution < 1.29 is 23.7 Å². The molecule has 0 spiro atoms. The molecule has 0 saturated heterocycles. The monoisotopic (exact) mass is 274 g/mol. The van der Waals surface area contributed by atoms with Gasteiger partial charge in [0.2, 0.25) is 6.29 Å². The van der Waals surface area contributed by atoms with Crippen LogP contribution in [-0.4, -0.2) is 45.9 Å². The third kappa shape index (κ3) is 13.2. The number of hydrogen-bond donors (Lipinski definition) is 0. The maximum absolute atomic E-state index is 5.49. The van der Waals surface area contributed by atoms with Crippen molar-refractivity contribution >= 4 is 0 Å². The van der Waals surface area contributed by atoms with E-state index in [1.165, 1.54) is 0 Å². The lowest BCUT2D eigenvalue weighted by Gasteiger charge is -2.20. The van der Waals surface area contributed by atoms with Crippen molar-refractivity contribution in [3.8, 4) is 0 Å². The number of rotatable bonds is 13. The first-order valence-electron chi connectivity index (χ1n) is 6.43. The van der Waals surface area contributed by atoms with Gasteiger partial charge in [0.25, 0.3) is 0 Å². The number of allylic oxidation sites excluding steroid dienone is 2. The molecule has 0 radical (unpaired) electrons. The smallest absolute Gasteiger partial charge is 0.233 e. The molecular formula is C14H26O5. The fraction of sp³-hybridized carbons (Fsp3) is 0.714. The lowest BCUT2D eigenvalue weighted by atomic mass is 10.6. The van der Waals surface area contributed by atoms with Crippen molar-refractivity contribution in [2.75, 3.05) is 39.6 Å². The summed E-state index contributed by atoms with van der Waals surface area (Å²) in [5.41, 5.74) is 0. The van der Waals surface area contributed by atoms with Gasteiger partial charge in [0.05, 0.1) is 37.9 Å². The van der Waals surface area contributed by atoms with Gasteiger partial charge < -0.3 is 23.7 Å². The highest BCUT2D eigenvalue weighted by atomic mass is 16.7. The first-order valence-corrected chi connectivity index (χ1v) is 6.43. The zero-order valence-electron chi connectivity index (χ0n) is 12.3. The quantitative estimate of drug-likeness (QED) is 0.293. The van der Waals surface area contributed by atoms with Crippen molar-refractivity contribution in [3.05, 3.63) is 24.7 Å². The molecule has 0 rings (SSSR count). The average Bonchev–Trinajstić information content (AvgIpc) is 2.33. The van der Waals surface area contributed by atoms with Gasteiger partial charge in [-0.1, -0.05) is 13.2 Å². The second-order valence-corrected chi connectivity index (χ2v) is 3.94. The van der Waals surface area contributed by atoms with Crippen LogP contribution in [0.5, 0.6) is 0 Å². The molecule has 1 atom stereocenters. The van der Waals surface area contributed by atoms with Gasteiger partial charge in [0.1, 0.15) is 6.61 Å². The molecular weight excluding hydrogens is 248 g/mol. The summed E-state index contributed by atoms with van der Waals surface area (Å²) in [5.74, 6) is 1.19. The zero-order chi connectivity index (χ0) is 14.5. The summed E-state index contributed by atoms with van der Waals surface area (Å²) < 4.78 is 26.6. The summed E-state index contributed by atoms with van der Waals surface area (Å²) in [5, 5.41) is 0. The number of hydrogen-bond acceptors (Lipinski definition) is 5. The van der Waals surface area contributed by atoms with Gasteiger partial charge in [-0.15, -0.1) is 0 Å². The Labute approximate surface area is 116 Å². The topological polar surface area (TPSA) is 46.2 Å². The summed E-state index contributed by atoms with van der Waals surface area (Å²) in [6.07, 6.45) is -0.496. The van der Waals surface area contributed by atoms with Gasteiger partial charge in [-0.05, 0) is 20.8 Å². The van der Waals surface area contributed by atoms with Crippen molar-refractivity contribution in [3.63, 3.8) is 0 Å². The van der Waals surface area contributed by atoms with Crippen LogP contribution in [0.4, 0.5) is 0 Å². The van der Waals surface area contributed by atoms with E-state index in [-0.39, 0.29) is 6.61 Å². The summed E-state index contributed by atoms with van der Waals surface area (Å²) >= 11 is 0. The van der Waals surface area contributed by atoms with E-state index >= 15 is 0 Å². The highest BCUT2D eigenvalue weighted by molar-refractivity contribution is 4.77. The van der Waals surface area contributed by atoms with Gasteiger partial charge in [-0.3, -0.25) is 0 Å². The SMILES string of the molecule is C=C(C)OCC(OCCOCCOCC)OC(=C)C. The highest BCUT2D eigenvalue weighted by Crippen LogP contribution is 2.04. The van der Waals surface area contributed by atoms with Gasteiger partial charge in [0, 0.05) is 6.61 Å². The average molecular weight is 274 g/mol. The van der Waals surface area contributed by atoms with Crippen LogP contribution in [0.25, 0.3) is 0 Å². The molecule has 0 aliphatic carbocycles. The Kier molecular flexibility index (Phi) is 11.4. The minimum absolute atomic E-state index is 0.279. The van der Waals surface area contributed by atoms with Crippen LogP contribution in [-0.2, 0) is 23.7 Å². The van der Waals surface area contributed by atoms with E-state index in [4.69, 9.17) is 23.7 Å². The Bertz CT molecular complexity index is 252. The highest BCUT2D eigenvalue weighted by Gasteiger charge is 2.11.